The largest absolute Gasteiger partial charge is 0.416 e. The number of halogens is 3. The SMILES string of the molecule is C#CCNC(=O)CN1CCCN(c2nc3cc(C(F)(F)F)ccc3s2)CC1. The van der Waals surface area contributed by atoms with Crippen molar-refractivity contribution in [3.8, 4) is 12.3 Å². The van der Waals surface area contributed by atoms with Crippen LogP contribution in [0, 0.1) is 12.3 Å². The number of aromatic nitrogens is 1. The fraction of sp³-hybridized carbons (Fsp3) is 0.444. The number of fused-ring (bicyclic) bond motifs is 1. The van der Waals surface area contributed by atoms with Gasteiger partial charge >= 0.3 is 6.18 Å². The molecule has 27 heavy (non-hydrogen) atoms. The molecule has 0 aliphatic carbocycles. The summed E-state index contributed by atoms with van der Waals surface area (Å²) in [7, 11) is 0. The first-order valence-corrected chi connectivity index (χ1v) is 9.34. The van der Waals surface area contributed by atoms with Gasteiger partial charge in [-0.3, -0.25) is 9.69 Å². The summed E-state index contributed by atoms with van der Waals surface area (Å²) in [4.78, 5) is 20.3. The molecule has 0 saturated carbocycles. The Morgan fingerprint density at radius 2 is 2.11 bits per heavy atom. The van der Waals surface area contributed by atoms with E-state index in [0.29, 0.717) is 23.7 Å². The van der Waals surface area contributed by atoms with Gasteiger partial charge in [0.25, 0.3) is 0 Å². The van der Waals surface area contributed by atoms with Crippen molar-refractivity contribution in [1.82, 2.24) is 15.2 Å². The van der Waals surface area contributed by atoms with Crippen LogP contribution in [0.15, 0.2) is 18.2 Å². The van der Waals surface area contributed by atoms with E-state index in [0.717, 1.165) is 36.3 Å². The van der Waals surface area contributed by atoms with Crippen molar-refractivity contribution in [3.63, 3.8) is 0 Å². The second-order valence-electron chi connectivity index (χ2n) is 6.27. The molecule has 0 bridgehead atoms. The summed E-state index contributed by atoms with van der Waals surface area (Å²) in [6, 6.07) is 3.65. The molecule has 0 atom stereocenters. The Bertz CT molecular complexity index is 858. The molecule has 0 unspecified atom stereocenters. The Hall–Kier alpha value is -2.31. The highest BCUT2D eigenvalue weighted by Crippen LogP contribution is 2.35. The van der Waals surface area contributed by atoms with E-state index in [1.54, 1.807) is 0 Å². The van der Waals surface area contributed by atoms with Crippen LogP contribution in [0.3, 0.4) is 0 Å². The van der Waals surface area contributed by atoms with Crippen molar-refractivity contribution in [2.75, 3.05) is 44.2 Å². The summed E-state index contributed by atoms with van der Waals surface area (Å²) >= 11 is 1.39. The van der Waals surface area contributed by atoms with Gasteiger partial charge in [-0.05, 0) is 24.6 Å². The Balaban J connectivity index is 1.67. The number of carbonyl (C=O) groups excluding carboxylic acids is 1. The van der Waals surface area contributed by atoms with Crippen molar-refractivity contribution in [1.29, 1.82) is 0 Å². The number of thiazole rings is 1. The maximum Gasteiger partial charge on any atom is 0.416 e. The van der Waals surface area contributed by atoms with Crippen LogP contribution in [0.2, 0.25) is 0 Å². The maximum atomic E-state index is 12.9. The molecule has 1 saturated heterocycles. The zero-order valence-corrected chi connectivity index (χ0v) is 15.4. The minimum atomic E-state index is -4.37. The number of nitrogens with zero attached hydrogens (tertiary/aromatic N) is 3. The van der Waals surface area contributed by atoms with Crippen LogP contribution < -0.4 is 10.2 Å². The lowest BCUT2D eigenvalue weighted by molar-refractivity contribution is -0.137. The van der Waals surface area contributed by atoms with E-state index in [1.165, 1.54) is 17.4 Å². The number of rotatable bonds is 4. The molecule has 1 amide bonds. The van der Waals surface area contributed by atoms with Gasteiger partial charge in [0.05, 0.1) is 28.9 Å². The molecule has 0 spiro atoms. The van der Waals surface area contributed by atoms with Crippen molar-refractivity contribution in [3.05, 3.63) is 23.8 Å². The van der Waals surface area contributed by atoms with E-state index in [1.807, 2.05) is 4.90 Å². The van der Waals surface area contributed by atoms with E-state index in [-0.39, 0.29) is 19.0 Å². The molecule has 1 N–H and O–H groups in total. The standard InChI is InChI=1S/C18H19F3N4OS/c1-2-6-22-16(26)12-24-7-3-8-25(10-9-24)17-23-14-11-13(18(19,20)21)4-5-15(14)27-17/h1,4-5,11H,3,6-10,12H2,(H,22,26). The Kier molecular flexibility index (Phi) is 5.87. The van der Waals surface area contributed by atoms with Crippen LogP contribution in [-0.4, -0.2) is 55.1 Å². The fourth-order valence-corrected chi connectivity index (χ4v) is 3.95. The number of alkyl halides is 3. The van der Waals surface area contributed by atoms with Crippen LogP contribution in [-0.2, 0) is 11.0 Å². The maximum absolute atomic E-state index is 12.9. The molecular weight excluding hydrogens is 377 g/mol. The quantitative estimate of drug-likeness (QED) is 0.808. The topological polar surface area (TPSA) is 48.5 Å². The molecule has 5 nitrogen and oxygen atoms in total. The third kappa shape index (κ3) is 4.90. The Labute approximate surface area is 159 Å². The van der Waals surface area contributed by atoms with E-state index in [9.17, 15) is 18.0 Å². The minimum absolute atomic E-state index is 0.110. The molecule has 1 aliphatic heterocycles. The van der Waals surface area contributed by atoms with Gasteiger partial charge in [0.2, 0.25) is 5.91 Å². The number of hydrogen-bond acceptors (Lipinski definition) is 5. The first-order valence-electron chi connectivity index (χ1n) is 8.52. The molecular formula is C18H19F3N4OS. The summed E-state index contributed by atoms with van der Waals surface area (Å²) in [6.07, 6.45) is 1.59. The molecule has 2 heterocycles. The third-order valence-corrected chi connectivity index (χ3v) is 5.41. The predicted octanol–water partition coefficient (Wildman–Crippen LogP) is 2.58. The van der Waals surface area contributed by atoms with Crippen molar-refractivity contribution in [2.24, 2.45) is 0 Å². The lowest BCUT2D eigenvalue weighted by Gasteiger charge is -2.20. The molecule has 144 valence electrons. The molecule has 3 rings (SSSR count). The van der Waals surface area contributed by atoms with Gasteiger partial charge in [-0.1, -0.05) is 17.3 Å². The Morgan fingerprint density at radius 1 is 1.30 bits per heavy atom. The molecule has 1 fully saturated rings. The van der Waals surface area contributed by atoms with E-state index >= 15 is 0 Å². The van der Waals surface area contributed by atoms with Crippen molar-refractivity contribution in [2.45, 2.75) is 12.6 Å². The zero-order valence-electron chi connectivity index (χ0n) is 14.6. The molecule has 1 aromatic carbocycles. The molecule has 0 radical (unpaired) electrons. The number of benzene rings is 1. The van der Waals surface area contributed by atoms with Gasteiger partial charge in [-0.2, -0.15) is 13.2 Å². The molecule has 1 aliphatic rings. The molecule has 2 aromatic rings. The van der Waals surface area contributed by atoms with Gasteiger partial charge in [0, 0.05) is 26.2 Å². The highest BCUT2D eigenvalue weighted by atomic mass is 32.1. The second kappa shape index (κ2) is 8.15. The first kappa shape index (κ1) is 19.5. The average molecular weight is 396 g/mol. The van der Waals surface area contributed by atoms with E-state index in [2.05, 4.69) is 21.1 Å². The number of hydrogen-bond donors (Lipinski definition) is 1. The number of nitrogens with one attached hydrogen (secondary N) is 1. The molecule has 9 heteroatoms. The van der Waals surface area contributed by atoms with Crippen LogP contribution in [0.25, 0.3) is 10.2 Å². The molecule has 1 aromatic heterocycles. The number of amides is 1. The number of carbonyl (C=O) groups is 1. The average Bonchev–Trinajstić information content (AvgIpc) is 2.91. The van der Waals surface area contributed by atoms with Crippen LogP contribution in [0.4, 0.5) is 18.3 Å². The normalized spacial score (nSPS) is 16.1. The smallest absolute Gasteiger partial charge is 0.347 e. The van der Waals surface area contributed by atoms with Gasteiger partial charge in [-0.25, -0.2) is 4.98 Å². The highest BCUT2D eigenvalue weighted by Gasteiger charge is 2.31. The van der Waals surface area contributed by atoms with Gasteiger partial charge in [0.15, 0.2) is 5.13 Å². The highest BCUT2D eigenvalue weighted by molar-refractivity contribution is 7.22. The fourth-order valence-electron chi connectivity index (χ4n) is 2.96. The monoisotopic (exact) mass is 396 g/mol. The van der Waals surface area contributed by atoms with E-state index < -0.39 is 11.7 Å². The van der Waals surface area contributed by atoms with Crippen LogP contribution >= 0.6 is 11.3 Å². The van der Waals surface area contributed by atoms with Crippen LogP contribution in [0.5, 0.6) is 0 Å². The minimum Gasteiger partial charge on any atom is -0.347 e. The first-order chi connectivity index (χ1) is 12.9. The van der Waals surface area contributed by atoms with Gasteiger partial charge in [0.1, 0.15) is 0 Å². The van der Waals surface area contributed by atoms with Gasteiger partial charge < -0.3 is 10.2 Å². The summed E-state index contributed by atoms with van der Waals surface area (Å²) in [5.74, 6) is 2.26. The lowest BCUT2D eigenvalue weighted by atomic mass is 10.2. The summed E-state index contributed by atoms with van der Waals surface area (Å²) in [5, 5.41) is 3.36. The summed E-state index contributed by atoms with van der Waals surface area (Å²) in [6.45, 7) is 3.34. The second-order valence-corrected chi connectivity index (χ2v) is 7.28. The number of anilines is 1. The number of terminal acetylenes is 1. The lowest BCUT2D eigenvalue weighted by Crippen LogP contribution is -2.39. The van der Waals surface area contributed by atoms with Crippen molar-refractivity contribution >= 4 is 32.6 Å². The van der Waals surface area contributed by atoms with Crippen LogP contribution in [0.1, 0.15) is 12.0 Å². The van der Waals surface area contributed by atoms with Crippen molar-refractivity contribution < 1.29 is 18.0 Å². The zero-order chi connectivity index (χ0) is 19.4. The van der Waals surface area contributed by atoms with E-state index in [4.69, 9.17) is 6.42 Å². The third-order valence-electron chi connectivity index (χ3n) is 4.32. The summed E-state index contributed by atoms with van der Waals surface area (Å²) in [5.41, 5.74) is -0.327. The van der Waals surface area contributed by atoms with Gasteiger partial charge in [-0.15, -0.1) is 6.42 Å². The Morgan fingerprint density at radius 3 is 2.85 bits per heavy atom. The summed E-state index contributed by atoms with van der Waals surface area (Å²) < 4.78 is 39.3. The predicted molar refractivity (Wildman–Crippen MR) is 99.7 cm³/mol.